The van der Waals surface area contributed by atoms with Crippen LogP contribution in [0.15, 0.2) is 54.1 Å². The van der Waals surface area contributed by atoms with Crippen molar-refractivity contribution in [2.75, 3.05) is 0 Å². The lowest BCUT2D eigenvalue weighted by molar-refractivity contribution is -0.125. The number of carbonyl (C=O) groups excluding carboxylic acids is 1. The molecule has 1 heteroatoms. The van der Waals surface area contributed by atoms with E-state index in [2.05, 4.69) is 55.5 Å². The van der Waals surface area contributed by atoms with E-state index in [-0.39, 0.29) is 5.41 Å². The number of benzene rings is 1. The van der Waals surface area contributed by atoms with Gasteiger partial charge in [0.25, 0.3) is 0 Å². The molecule has 0 saturated carbocycles. The monoisotopic (exact) mass is 280 g/mol. The average molecular weight is 280 g/mol. The van der Waals surface area contributed by atoms with Crippen molar-refractivity contribution in [1.82, 2.24) is 0 Å². The standard InChI is InChI=1S/C20H24O/c1-3-12-20(15(2)21,13-11-16-9-10-16)19-14-18(19)17-7-5-4-6-8-17/h4-10,14,16,18H,3,11-13H2,1-2H3. The topological polar surface area (TPSA) is 17.1 Å². The Morgan fingerprint density at radius 2 is 1.86 bits per heavy atom. The molecule has 3 rings (SSSR count). The molecule has 0 radical (unpaired) electrons. The number of carbonyl (C=O) groups is 1. The summed E-state index contributed by atoms with van der Waals surface area (Å²) in [5.41, 5.74) is 2.50. The highest BCUT2D eigenvalue weighted by Gasteiger charge is 2.47. The maximum absolute atomic E-state index is 12.5. The van der Waals surface area contributed by atoms with E-state index in [1.54, 1.807) is 6.92 Å². The molecule has 0 saturated heterocycles. The minimum absolute atomic E-state index is 0.209. The maximum atomic E-state index is 12.5. The lowest BCUT2D eigenvalue weighted by Gasteiger charge is -2.30. The largest absolute Gasteiger partial charge is 0.299 e. The third-order valence-electron chi connectivity index (χ3n) is 5.00. The Bertz CT molecular complexity index is 575. The van der Waals surface area contributed by atoms with Gasteiger partial charge in [-0.1, -0.05) is 61.9 Å². The van der Waals surface area contributed by atoms with Crippen LogP contribution < -0.4 is 0 Å². The van der Waals surface area contributed by atoms with E-state index in [9.17, 15) is 4.79 Å². The van der Waals surface area contributed by atoms with Crippen LogP contribution in [-0.2, 0) is 4.79 Å². The summed E-state index contributed by atoms with van der Waals surface area (Å²) in [5.74, 6) is 1.40. The van der Waals surface area contributed by atoms with Crippen molar-refractivity contribution in [3.63, 3.8) is 0 Å². The first-order valence-corrected chi connectivity index (χ1v) is 8.14. The summed E-state index contributed by atoms with van der Waals surface area (Å²) >= 11 is 0. The van der Waals surface area contributed by atoms with Gasteiger partial charge in [0.2, 0.25) is 0 Å². The Morgan fingerprint density at radius 3 is 2.43 bits per heavy atom. The second kappa shape index (κ2) is 5.63. The number of ketones is 1. The molecule has 0 heterocycles. The number of hydrogen-bond donors (Lipinski definition) is 0. The van der Waals surface area contributed by atoms with Crippen LogP contribution in [0.5, 0.6) is 0 Å². The van der Waals surface area contributed by atoms with Crippen molar-refractivity contribution < 1.29 is 4.79 Å². The third-order valence-corrected chi connectivity index (χ3v) is 5.00. The lowest BCUT2D eigenvalue weighted by Crippen LogP contribution is -2.29. The molecule has 21 heavy (non-hydrogen) atoms. The van der Waals surface area contributed by atoms with E-state index in [1.807, 2.05) is 0 Å². The first-order chi connectivity index (χ1) is 10.2. The molecular formula is C20H24O. The van der Waals surface area contributed by atoms with Crippen LogP contribution in [0.2, 0.25) is 0 Å². The summed E-state index contributed by atoms with van der Waals surface area (Å²) in [6.45, 7) is 3.98. The van der Waals surface area contributed by atoms with Crippen LogP contribution in [0.4, 0.5) is 0 Å². The summed E-state index contributed by atoms with van der Waals surface area (Å²) in [6.07, 6.45) is 11.0. The smallest absolute Gasteiger partial charge is 0.140 e. The van der Waals surface area contributed by atoms with Crippen molar-refractivity contribution in [1.29, 1.82) is 0 Å². The van der Waals surface area contributed by atoms with E-state index in [0.29, 0.717) is 17.6 Å². The van der Waals surface area contributed by atoms with Gasteiger partial charge in [-0.05, 0) is 43.2 Å². The fourth-order valence-corrected chi connectivity index (χ4v) is 3.60. The normalized spacial score (nSPS) is 22.6. The van der Waals surface area contributed by atoms with Crippen molar-refractivity contribution >= 4 is 5.78 Å². The van der Waals surface area contributed by atoms with Crippen molar-refractivity contribution in [3.05, 3.63) is 59.7 Å². The first kappa shape index (κ1) is 14.3. The van der Waals surface area contributed by atoms with Crippen LogP contribution in [0.25, 0.3) is 0 Å². The van der Waals surface area contributed by atoms with Crippen LogP contribution in [0.1, 0.15) is 51.0 Å². The van der Waals surface area contributed by atoms with Gasteiger partial charge in [0.05, 0.1) is 5.41 Å². The van der Waals surface area contributed by atoms with Gasteiger partial charge in [-0.3, -0.25) is 4.79 Å². The highest BCUT2D eigenvalue weighted by molar-refractivity contribution is 5.88. The fraction of sp³-hybridized carbons (Fsp3) is 0.450. The second-order valence-electron chi connectivity index (χ2n) is 6.49. The molecule has 0 amide bonds. The van der Waals surface area contributed by atoms with E-state index < -0.39 is 0 Å². The molecule has 2 aliphatic rings. The number of Topliss-reactive ketones (excluding diaryl/α,β-unsaturated/α-hetero) is 1. The molecule has 2 atom stereocenters. The van der Waals surface area contributed by atoms with Crippen molar-refractivity contribution in [2.45, 2.75) is 45.4 Å². The molecule has 110 valence electrons. The van der Waals surface area contributed by atoms with Gasteiger partial charge >= 0.3 is 0 Å². The summed E-state index contributed by atoms with van der Waals surface area (Å²) in [5, 5.41) is 0. The Balaban J connectivity index is 1.78. The van der Waals surface area contributed by atoms with Crippen molar-refractivity contribution in [3.8, 4) is 0 Å². The second-order valence-corrected chi connectivity index (χ2v) is 6.49. The van der Waals surface area contributed by atoms with E-state index in [0.717, 1.165) is 25.7 Å². The van der Waals surface area contributed by atoms with Crippen LogP contribution >= 0.6 is 0 Å². The molecule has 1 nitrogen and oxygen atoms in total. The van der Waals surface area contributed by atoms with Crippen LogP contribution in [0, 0.1) is 11.3 Å². The van der Waals surface area contributed by atoms with Gasteiger partial charge in [-0.25, -0.2) is 0 Å². The Hall–Kier alpha value is -1.63. The molecule has 0 aromatic heterocycles. The quantitative estimate of drug-likeness (QED) is 0.609. The van der Waals surface area contributed by atoms with E-state index >= 15 is 0 Å². The van der Waals surface area contributed by atoms with Gasteiger partial charge in [-0.2, -0.15) is 0 Å². The lowest BCUT2D eigenvalue weighted by atomic mass is 9.71. The van der Waals surface area contributed by atoms with Gasteiger partial charge in [0.1, 0.15) is 5.78 Å². The zero-order chi connectivity index (χ0) is 14.9. The maximum Gasteiger partial charge on any atom is 0.140 e. The molecule has 0 spiro atoms. The minimum atomic E-state index is -0.209. The molecule has 0 aliphatic heterocycles. The summed E-state index contributed by atoms with van der Waals surface area (Å²) < 4.78 is 0. The Labute approximate surface area is 127 Å². The minimum Gasteiger partial charge on any atom is -0.299 e. The number of allylic oxidation sites excluding steroid dienone is 4. The zero-order valence-corrected chi connectivity index (χ0v) is 13.0. The molecule has 0 bridgehead atoms. The number of hydrogen-bond acceptors (Lipinski definition) is 1. The first-order valence-electron chi connectivity index (χ1n) is 8.14. The summed E-state index contributed by atoms with van der Waals surface area (Å²) in [4.78, 5) is 12.5. The zero-order valence-electron chi connectivity index (χ0n) is 13.0. The van der Waals surface area contributed by atoms with Gasteiger partial charge in [-0.15, -0.1) is 0 Å². The third kappa shape index (κ3) is 2.88. The van der Waals surface area contributed by atoms with Gasteiger partial charge in [0.15, 0.2) is 0 Å². The van der Waals surface area contributed by atoms with Gasteiger partial charge in [0, 0.05) is 5.92 Å². The van der Waals surface area contributed by atoms with Crippen LogP contribution in [0.3, 0.4) is 0 Å². The molecule has 2 aliphatic carbocycles. The highest BCUT2D eigenvalue weighted by Crippen LogP contribution is 2.55. The molecule has 0 N–H and O–H groups in total. The molecular weight excluding hydrogens is 256 g/mol. The van der Waals surface area contributed by atoms with E-state index in [1.165, 1.54) is 11.1 Å². The Morgan fingerprint density at radius 1 is 1.14 bits per heavy atom. The summed E-state index contributed by atoms with van der Waals surface area (Å²) in [7, 11) is 0. The summed E-state index contributed by atoms with van der Waals surface area (Å²) in [6, 6.07) is 10.6. The highest BCUT2D eigenvalue weighted by atomic mass is 16.1. The predicted molar refractivity (Wildman–Crippen MR) is 87.2 cm³/mol. The van der Waals surface area contributed by atoms with Gasteiger partial charge < -0.3 is 0 Å². The fourth-order valence-electron chi connectivity index (χ4n) is 3.60. The Kier molecular flexibility index (Phi) is 3.84. The van der Waals surface area contributed by atoms with Crippen molar-refractivity contribution in [2.24, 2.45) is 11.3 Å². The SMILES string of the molecule is CCCC(CCC1C=C1)(C(C)=O)C1=CC1c1ccccc1. The molecule has 2 unspecified atom stereocenters. The molecule has 0 fully saturated rings. The number of rotatable bonds is 8. The molecule has 1 aromatic rings. The molecule has 1 aromatic carbocycles. The van der Waals surface area contributed by atoms with Crippen LogP contribution in [-0.4, -0.2) is 5.78 Å². The predicted octanol–water partition coefficient (Wildman–Crippen LogP) is 5.05. The van der Waals surface area contributed by atoms with E-state index in [4.69, 9.17) is 0 Å². The average Bonchev–Trinajstić information content (AvgIpc) is 3.38.